The molecule has 1 fully saturated rings. The molecule has 3 rings (SSSR count). The fourth-order valence-electron chi connectivity index (χ4n) is 3.06. The number of carbonyl (C=O) groups is 2. The van der Waals surface area contributed by atoms with Crippen molar-refractivity contribution in [3.8, 4) is 11.1 Å². The maximum Gasteiger partial charge on any atom is 0.330 e. The van der Waals surface area contributed by atoms with E-state index in [2.05, 4.69) is 34.9 Å². The van der Waals surface area contributed by atoms with Crippen molar-refractivity contribution in [3.63, 3.8) is 0 Å². The molecule has 1 atom stereocenters. The van der Waals surface area contributed by atoms with Gasteiger partial charge < -0.3 is 21.1 Å². The van der Waals surface area contributed by atoms with Crippen LogP contribution in [0.15, 0.2) is 48.5 Å². The number of esters is 1. The Morgan fingerprint density at radius 3 is 2.10 bits per heavy atom. The molecular formula is C23H29N3O3. The van der Waals surface area contributed by atoms with Gasteiger partial charge in [-0.1, -0.05) is 36.4 Å². The molecule has 0 spiro atoms. The molecule has 1 aliphatic rings. The maximum atomic E-state index is 12.6. The number of ether oxygens (including phenoxy) is 1. The van der Waals surface area contributed by atoms with E-state index in [4.69, 9.17) is 10.5 Å². The molecule has 6 nitrogen and oxygen atoms in total. The van der Waals surface area contributed by atoms with Gasteiger partial charge in [-0.05, 0) is 55.5 Å². The summed E-state index contributed by atoms with van der Waals surface area (Å²) in [5, 5.41) is 6.18. The zero-order valence-corrected chi connectivity index (χ0v) is 17.2. The Morgan fingerprint density at radius 1 is 1.07 bits per heavy atom. The number of hydrogen-bond donors (Lipinski definition) is 3. The van der Waals surface area contributed by atoms with Crippen LogP contribution in [0.2, 0.25) is 0 Å². The molecule has 2 aromatic rings. The van der Waals surface area contributed by atoms with Gasteiger partial charge in [0.05, 0.1) is 7.11 Å². The topological polar surface area (TPSA) is 93.4 Å². The average molecular weight is 396 g/mol. The molecule has 1 amide bonds. The Bertz CT molecular complexity index is 850. The van der Waals surface area contributed by atoms with E-state index in [1.165, 1.54) is 25.5 Å². The first kappa shape index (κ1) is 21.0. The largest absolute Gasteiger partial charge is 0.467 e. The summed E-state index contributed by atoms with van der Waals surface area (Å²) in [6.07, 6.45) is 2.56. The highest BCUT2D eigenvalue weighted by Gasteiger charge is 2.34. The van der Waals surface area contributed by atoms with Crippen LogP contribution in [0, 0.1) is 0 Å². The van der Waals surface area contributed by atoms with E-state index in [9.17, 15) is 9.59 Å². The summed E-state index contributed by atoms with van der Waals surface area (Å²) >= 11 is 0. The van der Waals surface area contributed by atoms with Crippen molar-refractivity contribution in [2.45, 2.75) is 50.9 Å². The Labute approximate surface area is 171 Å². The van der Waals surface area contributed by atoms with Crippen LogP contribution in [-0.4, -0.2) is 36.6 Å². The lowest BCUT2D eigenvalue weighted by molar-refractivity contribution is -0.144. The van der Waals surface area contributed by atoms with Gasteiger partial charge in [-0.2, -0.15) is 0 Å². The van der Waals surface area contributed by atoms with E-state index in [-0.39, 0.29) is 5.91 Å². The monoisotopic (exact) mass is 395 g/mol. The summed E-state index contributed by atoms with van der Waals surface area (Å²) in [5.41, 5.74) is 8.89. The molecule has 0 radical (unpaired) electrons. The molecule has 154 valence electrons. The zero-order chi connectivity index (χ0) is 21.0. The first-order valence-corrected chi connectivity index (χ1v) is 9.88. The summed E-state index contributed by atoms with van der Waals surface area (Å²) < 4.78 is 4.76. The molecule has 0 heterocycles. The summed E-state index contributed by atoms with van der Waals surface area (Å²) in [6, 6.07) is 15.4. The van der Waals surface area contributed by atoms with Gasteiger partial charge in [-0.25, -0.2) is 4.79 Å². The molecule has 1 aliphatic carbocycles. The Balaban J connectivity index is 1.65. The van der Waals surface area contributed by atoms with Crippen molar-refractivity contribution in [1.82, 2.24) is 10.6 Å². The number of amides is 1. The van der Waals surface area contributed by atoms with Crippen LogP contribution in [0.25, 0.3) is 11.1 Å². The maximum absolute atomic E-state index is 12.6. The predicted octanol–water partition coefficient (Wildman–Crippen LogP) is 2.61. The van der Waals surface area contributed by atoms with E-state index >= 15 is 0 Å². The van der Waals surface area contributed by atoms with Crippen molar-refractivity contribution in [2.75, 3.05) is 7.11 Å². The molecule has 29 heavy (non-hydrogen) atoms. The number of nitrogens with one attached hydrogen (secondary N) is 2. The highest BCUT2D eigenvalue weighted by atomic mass is 16.5. The molecule has 0 bridgehead atoms. The van der Waals surface area contributed by atoms with E-state index in [0.717, 1.165) is 17.7 Å². The lowest BCUT2D eigenvalue weighted by atomic mass is 9.95. The second-order valence-corrected chi connectivity index (χ2v) is 8.18. The smallest absolute Gasteiger partial charge is 0.330 e. The quantitative estimate of drug-likeness (QED) is 0.598. The van der Waals surface area contributed by atoms with Crippen molar-refractivity contribution in [3.05, 3.63) is 59.7 Å². The number of nitrogens with two attached hydrogens (primary N) is 1. The van der Waals surface area contributed by atoms with Gasteiger partial charge in [0.1, 0.15) is 6.04 Å². The molecule has 0 saturated heterocycles. The van der Waals surface area contributed by atoms with Gasteiger partial charge >= 0.3 is 5.97 Å². The van der Waals surface area contributed by atoms with E-state index in [0.29, 0.717) is 11.6 Å². The summed E-state index contributed by atoms with van der Waals surface area (Å²) in [7, 11) is 1.27. The molecule has 1 saturated carbocycles. The first-order valence-electron chi connectivity index (χ1n) is 9.88. The van der Waals surface area contributed by atoms with Gasteiger partial charge in [0, 0.05) is 23.7 Å². The van der Waals surface area contributed by atoms with Crippen LogP contribution in [0.1, 0.15) is 42.6 Å². The second kappa shape index (κ2) is 8.76. The normalized spacial score (nSPS) is 14.9. The Hall–Kier alpha value is -2.70. The molecule has 0 aliphatic heterocycles. The number of benzene rings is 2. The number of carbonyl (C=O) groups excluding carboxylic acids is 2. The van der Waals surface area contributed by atoms with E-state index in [1.807, 2.05) is 12.1 Å². The van der Waals surface area contributed by atoms with Crippen LogP contribution in [0.5, 0.6) is 0 Å². The third-order valence-corrected chi connectivity index (χ3v) is 5.06. The van der Waals surface area contributed by atoms with Crippen LogP contribution < -0.4 is 16.4 Å². The van der Waals surface area contributed by atoms with Crippen molar-refractivity contribution in [1.29, 1.82) is 0 Å². The van der Waals surface area contributed by atoms with Gasteiger partial charge in [0.15, 0.2) is 0 Å². The molecule has 2 aromatic carbocycles. The molecule has 6 heteroatoms. The summed E-state index contributed by atoms with van der Waals surface area (Å²) in [5.74, 6) is -0.939. The van der Waals surface area contributed by atoms with E-state index < -0.39 is 17.6 Å². The van der Waals surface area contributed by atoms with Gasteiger partial charge in [-0.3, -0.25) is 4.79 Å². The van der Waals surface area contributed by atoms with Crippen LogP contribution in [0.3, 0.4) is 0 Å². The minimum Gasteiger partial charge on any atom is -0.467 e. The zero-order valence-electron chi connectivity index (χ0n) is 17.2. The third-order valence-electron chi connectivity index (χ3n) is 5.06. The number of methoxy groups -OCH3 is 1. The predicted molar refractivity (Wildman–Crippen MR) is 113 cm³/mol. The first-order chi connectivity index (χ1) is 13.8. The third kappa shape index (κ3) is 5.65. The van der Waals surface area contributed by atoms with Crippen molar-refractivity contribution < 1.29 is 14.3 Å². The molecular weight excluding hydrogens is 366 g/mol. The van der Waals surface area contributed by atoms with Crippen molar-refractivity contribution >= 4 is 11.9 Å². The Morgan fingerprint density at radius 2 is 1.62 bits per heavy atom. The Kier molecular flexibility index (Phi) is 6.35. The fraction of sp³-hybridized carbons (Fsp3) is 0.391. The van der Waals surface area contributed by atoms with Crippen LogP contribution in [-0.2, 0) is 16.1 Å². The van der Waals surface area contributed by atoms with Crippen LogP contribution in [0.4, 0.5) is 0 Å². The molecule has 1 unspecified atom stereocenters. The summed E-state index contributed by atoms with van der Waals surface area (Å²) in [6.45, 7) is 4.23. The van der Waals surface area contributed by atoms with E-state index in [1.54, 1.807) is 26.0 Å². The SMILES string of the molecule is COC(=O)C(NC(=O)c1ccc(-c2ccc(CNC3CC3)cc2)cc1)C(C)(C)N. The number of hydrogen-bond acceptors (Lipinski definition) is 5. The highest BCUT2D eigenvalue weighted by Crippen LogP contribution is 2.22. The standard InChI is InChI=1S/C23H29N3O3/c1-23(2,24)20(22(28)29-3)26-21(27)18-10-8-17(9-11-18)16-6-4-15(5-7-16)14-25-19-12-13-19/h4-11,19-20,25H,12-14,24H2,1-3H3,(H,26,27). The average Bonchev–Trinajstić information content (AvgIpc) is 3.54. The van der Waals surface area contributed by atoms with Crippen LogP contribution >= 0.6 is 0 Å². The summed E-state index contributed by atoms with van der Waals surface area (Å²) in [4.78, 5) is 24.5. The lowest BCUT2D eigenvalue weighted by Crippen LogP contribution is -2.59. The number of rotatable bonds is 8. The molecule has 0 aromatic heterocycles. The van der Waals surface area contributed by atoms with Gasteiger partial charge in [0.2, 0.25) is 0 Å². The van der Waals surface area contributed by atoms with Gasteiger partial charge in [0.25, 0.3) is 5.91 Å². The van der Waals surface area contributed by atoms with Gasteiger partial charge in [-0.15, -0.1) is 0 Å². The lowest BCUT2D eigenvalue weighted by Gasteiger charge is -2.28. The second-order valence-electron chi connectivity index (χ2n) is 8.18. The fourth-order valence-corrected chi connectivity index (χ4v) is 3.06. The highest BCUT2D eigenvalue weighted by molar-refractivity contribution is 5.97. The van der Waals surface area contributed by atoms with Crippen molar-refractivity contribution in [2.24, 2.45) is 5.73 Å². The molecule has 4 N–H and O–H groups in total. The minimum atomic E-state index is -0.946. The minimum absolute atomic E-state index is 0.369.